The summed E-state index contributed by atoms with van der Waals surface area (Å²) < 4.78 is 24.5. The van der Waals surface area contributed by atoms with Gasteiger partial charge in [0, 0.05) is 32.2 Å². The summed E-state index contributed by atoms with van der Waals surface area (Å²) >= 11 is 0. The second-order valence-electron chi connectivity index (χ2n) is 7.84. The van der Waals surface area contributed by atoms with Crippen LogP contribution in [0.2, 0.25) is 0 Å². The lowest BCUT2D eigenvalue weighted by Crippen LogP contribution is -2.54. The number of amides is 2. The van der Waals surface area contributed by atoms with E-state index >= 15 is 0 Å². The van der Waals surface area contributed by atoms with E-state index in [2.05, 4.69) is 24.1 Å². The van der Waals surface area contributed by atoms with Crippen molar-refractivity contribution < 1.29 is 18.7 Å². The van der Waals surface area contributed by atoms with Crippen LogP contribution in [-0.4, -0.2) is 74.4 Å². The fourth-order valence-electron chi connectivity index (χ4n) is 4.35. The Hall–Kier alpha value is -1.70. The fourth-order valence-corrected chi connectivity index (χ4v) is 4.35. The van der Waals surface area contributed by atoms with Crippen molar-refractivity contribution in [2.45, 2.75) is 38.8 Å². The molecule has 1 aromatic carbocycles. The maximum atomic E-state index is 13.2. The maximum Gasteiger partial charge on any atom is 0.317 e. The zero-order chi connectivity index (χ0) is 20.6. The number of nitrogens with zero attached hydrogens (tertiary/aromatic N) is 2. The lowest BCUT2D eigenvalue weighted by atomic mass is 9.92. The third-order valence-electron chi connectivity index (χ3n) is 6.17. The number of carbonyl (C=O) groups excluding carboxylic acids is 1. The van der Waals surface area contributed by atoms with E-state index in [9.17, 15) is 9.18 Å². The highest BCUT2D eigenvalue weighted by Crippen LogP contribution is 2.23. The molecule has 0 radical (unpaired) electrons. The van der Waals surface area contributed by atoms with Crippen molar-refractivity contribution in [3.8, 4) is 0 Å². The topological polar surface area (TPSA) is 54.0 Å². The number of hydrogen-bond acceptors (Lipinski definition) is 4. The Labute approximate surface area is 173 Å². The normalized spacial score (nSPS) is 21.9. The molecule has 2 aliphatic heterocycles. The largest absolute Gasteiger partial charge is 0.379 e. The molecular weight excluding hydrogens is 373 g/mol. The Morgan fingerprint density at radius 2 is 1.83 bits per heavy atom. The van der Waals surface area contributed by atoms with Gasteiger partial charge in [-0.25, -0.2) is 9.18 Å². The molecule has 1 N–H and O–H groups in total. The average molecular weight is 408 g/mol. The average Bonchev–Trinajstić information content (AvgIpc) is 2.77. The zero-order valence-electron chi connectivity index (χ0n) is 17.6. The highest BCUT2D eigenvalue weighted by molar-refractivity contribution is 5.74. The standard InChI is InChI=1S/C22H34FN3O3/c1-3-17(4-2)20(25-9-12-28-13-10-25)15-24-22(27)26-11-14-29-21(16-26)18-5-7-19(23)8-6-18/h5-8,17,20-21H,3-4,9-16H2,1-2H3,(H,24,27). The molecule has 162 valence electrons. The molecule has 0 spiro atoms. The molecule has 0 bridgehead atoms. The molecule has 2 unspecified atom stereocenters. The van der Waals surface area contributed by atoms with Crippen LogP contribution >= 0.6 is 0 Å². The van der Waals surface area contributed by atoms with E-state index in [0.29, 0.717) is 38.2 Å². The van der Waals surface area contributed by atoms with Crippen molar-refractivity contribution in [1.82, 2.24) is 15.1 Å². The summed E-state index contributed by atoms with van der Waals surface area (Å²) in [5.41, 5.74) is 0.895. The van der Waals surface area contributed by atoms with Crippen molar-refractivity contribution in [3.63, 3.8) is 0 Å². The van der Waals surface area contributed by atoms with Gasteiger partial charge in [0.05, 0.1) is 26.4 Å². The predicted octanol–water partition coefficient (Wildman–Crippen LogP) is 3.05. The Morgan fingerprint density at radius 3 is 2.48 bits per heavy atom. The second kappa shape index (κ2) is 10.9. The van der Waals surface area contributed by atoms with Gasteiger partial charge in [-0.1, -0.05) is 38.8 Å². The van der Waals surface area contributed by atoms with E-state index in [0.717, 1.165) is 44.7 Å². The van der Waals surface area contributed by atoms with Crippen molar-refractivity contribution in [1.29, 1.82) is 0 Å². The van der Waals surface area contributed by atoms with Gasteiger partial charge in [0.2, 0.25) is 0 Å². The highest BCUT2D eigenvalue weighted by atomic mass is 19.1. The van der Waals surface area contributed by atoms with Gasteiger partial charge in [0.1, 0.15) is 11.9 Å². The summed E-state index contributed by atoms with van der Waals surface area (Å²) in [5, 5.41) is 3.17. The van der Waals surface area contributed by atoms with Gasteiger partial charge in [0.25, 0.3) is 0 Å². The molecule has 29 heavy (non-hydrogen) atoms. The minimum Gasteiger partial charge on any atom is -0.379 e. The van der Waals surface area contributed by atoms with Gasteiger partial charge < -0.3 is 19.7 Å². The van der Waals surface area contributed by atoms with Gasteiger partial charge in [-0.15, -0.1) is 0 Å². The van der Waals surface area contributed by atoms with Crippen LogP contribution in [-0.2, 0) is 9.47 Å². The lowest BCUT2D eigenvalue weighted by molar-refractivity contribution is -0.0170. The van der Waals surface area contributed by atoms with Crippen LogP contribution in [0.3, 0.4) is 0 Å². The number of benzene rings is 1. The van der Waals surface area contributed by atoms with E-state index in [-0.39, 0.29) is 18.0 Å². The molecule has 0 aromatic heterocycles. The molecule has 2 aliphatic rings. The number of urea groups is 1. The molecule has 1 aromatic rings. The summed E-state index contributed by atoms with van der Waals surface area (Å²) in [6.45, 7) is 9.96. The Morgan fingerprint density at radius 1 is 1.14 bits per heavy atom. The molecule has 0 aliphatic carbocycles. The van der Waals surface area contributed by atoms with Crippen LogP contribution in [0.4, 0.5) is 9.18 Å². The highest BCUT2D eigenvalue weighted by Gasteiger charge is 2.29. The monoisotopic (exact) mass is 407 g/mol. The molecule has 0 saturated carbocycles. The third-order valence-corrected chi connectivity index (χ3v) is 6.17. The summed E-state index contributed by atoms with van der Waals surface area (Å²) in [5.74, 6) is 0.278. The number of morpholine rings is 2. The summed E-state index contributed by atoms with van der Waals surface area (Å²) in [4.78, 5) is 17.1. The third kappa shape index (κ3) is 5.90. The van der Waals surface area contributed by atoms with Crippen LogP contribution < -0.4 is 5.32 Å². The van der Waals surface area contributed by atoms with Gasteiger partial charge in [-0.05, 0) is 23.6 Å². The van der Waals surface area contributed by atoms with Crippen LogP contribution in [0.1, 0.15) is 38.4 Å². The van der Waals surface area contributed by atoms with Crippen LogP contribution in [0.5, 0.6) is 0 Å². The molecule has 6 nitrogen and oxygen atoms in total. The number of rotatable bonds is 7. The van der Waals surface area contributed by atoms with Gasteiger partial charge >= 0.3 is 6.03 Å². The van der Waals surface area contributed by atoms with Gasteiger partial charge in [-0.3, -0.25) is 4.90 Å². The minimum absolute atomic E-state index is 0.0513. The molecule has 7 heteroatoms. The molecular formula is C22H34FN3O3. The zero-order valence-corrected chi connectivity index (χ0v) is 17.6. The second-order valence-corrected chi connectivity index (χ2v) is 7.84. The predicted molar refractivity (Wildman–Crippen MR) is 110 cm³/mol. The molecule has 2 atom stereocenters. The van der Waals surface area contributed by atoms with Crippen LogP contribution in [0, 0.1) is 11.7 Å². The first-order chi connectivity index (χ1) is 14.1. The van der Waals surface area contributed by atoms with Crippen molar-refractivity contribution in [2.24, 2.45) is 5.92 Å². The van der Waals surface area contributed by atoms with E-state index in [1.165, 1.54) is 12.1 Å². The summed E-state index contributed by atoms with van der Waals surface area (Å²) in [7, 11) is 0. The molecule has 3 rings (SSSR count). The number of ether oxygens (including phenoxy) is 2. The van der Waals surface area contributed by atoms with Gasteiger partial charge in [-0.2, -0.15) is 0 Å². The first kappa shape index (κ1) is 22.0. The molecule has 2 saturated heterocycles. The molecule has 2 fully saturated rings. The Balaban J connectivity index is 1.57. The number of hydrogen-bond donors (Lipinski definition) is 1. The smallest absolute Gasteiger partial charge is 0.317 e. The first-order valence-corrected chi connectivity index (χ1v) is 10.8. The van der Waals surface area contributed by atoms with Crippen LogP contribution in [0.15, 0.2) is 24.3 Å². The maximum absolute atomic E-state index is 13.2. The fraction of sp³-hybridized carbons (Fsp3) is 0.682. The van der Waals surface area contributed by atoms with E-state index in [1.807, 2.05) is 0 Å². The summed E-state index contributed by atoms with van der Waals surface area (Å²) in [6, 6.07) is 6.59. The number of nitrogens with one attached hydrogen (secondary N) is 1. The van der Waals surface area contributed by atoms with Crippen molar-refractivity contribution >= 4 is 6.03 Å². The SMILES string of the molecule is CCC(CC)C(CNC(=O)N1CCOC(c2ccc(F)cc2)C1)N1CCOCC1. The number of carbonyl (C=O) groups is 1. The Kier molecular flexibility index (Phi) is 8.27. The van der Waals surface area contributed by atoms with Crippen LogP contribution in [0.25, 0.3) is 0 Å². The summed E-state index contributed by atoms with van der Waals surface area (Å²) in [6.07, 6.45) is 1.97. The molecule has 2 amide bonds. The Bertz CT molecular complexity index is 633. The van der Waals surface area contributed by atoms with Gasteiger partial charge in [0.15, 0.2) is 0 Å². The first-order valence-electron chi connectivity index (χ1n) is 10.8. The van der Waals surface area contributed by atoms with E-state index in [4.69, 9.17) is 9.47 Å². The van der Waals surface area contributed by atoms with Crippen molar-refractivity contribution in [2.75, 3.05) is 52.5 Å². The van der Waals surface area contributed by atoms with E-state index in [1.54, 1.807) is 17.0 Å². The quantitative estimate of drug-likeness (QED) is 0.755. The molecule has 2 heterocycles. The minimum atomic E-state index is -0.269. The van der Waals surface area contributed by atoms with E-state index < -0.39 is 0 Å². The lowest BCUT2D eigenvalue weighted by Gasteiger charge is -2.39. The van der Waals surface area contributed by atoms with Crippen molar-refractivity contribution in [3.05, 3.63) is 35.6 Å². The number of halogens is 1.